The molecule has 0 spiro atoms. The van der Waals surface area contributed by atoms with E-state index in [4.69, 9.17) is 5.73 Å². The zero-order valence-corrected chi connectivity index (χ0v) is 12.2. The minimum Gasteiger partial charge on any atom is -0.325 e. The van der Waals surface area contributed by atoms with Crippen molar-refractivity contribution in [3.05, 3.63) is 53.6 Å². The first-order chi connectivity index (χ1) is 10.2. The van der Waals surface area contributed by atoms with Crippen LogP contribution < -0.4 is 11.1 Å². The summed E-state index contributed by atoms with van der Waals surface area (Å²) in [5.41, 5.74) is 11.8. The summed E-state index contributed by atoms with van der Waals surface area (Å²) >= 11 is 0. The third-order valence-electron chi connectivity index (χ3n) is 4.00. The second-order valence-electron chi connectivity index (χ2n) is 5.59. The summed E-state index contributed by atoms with van der Waals surface area (Å²) in [6, 6.07) is 14.1. The third kappa shape index (κ3) is 2.69. The maximum absolute atomic E-state index is 12.0. The number of benzene rings is 2. The van der Waals surface area contributed by atoms with Gasteiger partial charge in [0.25, 0.3) is 0 Å². The van der Waals surface area contributed by atoms with Crippen LogP contribution in [0.2, 0.25) is 0 Å². The average molecular weight is 280 g/mol. The molecule has 21 heavy (non-hydrogen) atoms. The van der Waals surface area contributed by atoms with Crippen molar-refractivity contribution in [2.45, 2.75) is 32.2 Å². The van der Waals surface area contributed by atoms with Gasteiger partial charge in [-0.1, -0.05) is 43.7 Å². The maximum Gasteiger partial charge on any atom is 0.241 e. The first kappa shape index (κ1) is 13.8. The van der Waals surface area contributed by atoms with Crippen LogP contribution in [0, 0.1) is 0 Å². The van der Waals surface area contributed by atoms with Gasteiger partial charge in [0, 0.05) is 5.69 Å². The highest BCUT2D eigenvalue weighted by Gasteiger charge is 2.19. The molecule has 0 heterocycles. The third-order valence-corrected chi connectivity index (χ3v) is 4.00. The van der Waals surface area contributed by atoms with Crippen LogP contribution >= 0.6 is 0 Å². The normalized spacial score (nSPS) is 13.4. The number of nitrogens with one attached hydrogen (secondary N) is 1. The Kier molecular flexibility index (Phi) is 3.76. The fraction of sp³-hybridized carbons (Fsp3) is 0.278. The van der Waals surface area contributed by atoms with E-state index in [1.807, 2.05) is 13.0 Å². The number of carbonyl (C=O) groups is 1. The number of nitrogens with two attached hydrogens (primary N) is 1. The minimum atomic E-state index is -0.430. The molecule has 1 atom stereocenters. The van der Waals surface area contributed by atoms with Crippen molar-refractivity contribution in [1.29, 1.82) is 0 Å². The second kappa shape index (κ2) is 5.70. The highest BCUT2D eigenvalue weighted by atomic mass is 16.2. The lowest BCUT2D eigenvalue weighted by Gasteiger charge is -2.12. The van der Waals surface area contributed by atoms with Gasteiger partial charge in [0.15, 0.2) is 0 Å². The van der Waals surface area contributed by atoms with Gasteiger partial charge in [-0.05, 0) is 47.2 Å². The van der Waals surface area contributed by atoms with Crippen LogP contribution in [0.3, 0.4) is 0 Å². The summed E-state index contributed by atoms with van der Waals surface area (Å²) in [6.07, 6.45) is 2.55. The molecule has 0 unspecified atom stereocenters. The largest absolute Gasteiger partial charge is 0.325 e. The van der Waals surface area contributed by atoms with Crippen molar-refractivity contribution in [3.8, 4) is 11.1 Å². The van der Waals surface area contributed by atoms with Gasteiger partial charge in [0.1, 0.15) is 0 Å². The molecule has 108 valence electrons. The lowest BCUT2D eigenvalue weighted by Crippen LogP contribution is -2.35. The van der Waals surface area contributed by atoms with E-state index >= 15 is 0 Å². The summed E-state index contributed by atoms with van der Waals surface area (Å²) in [6.45, 7) is 2.03. The number of rotatable bonds is 4. The van der Waals surface area contributed by atoms with E-state index in [0.29, 0.717) is 6.42 Å². The van der Waals surface area contributed by atoms with Gasteiger partial charge in [0.2, 0.25) is 5.91 Å². The molecule has 0 bridgehead atoms. The smallest absolute Gasteiger partial charge is 0.241 e. The molecule has 0 saturated heterocycles. The summed E-state index contributed by atoms with van der Waals surface area (Å²) < 4.78 is 0. The molecule has 1 aliphatic rings. The van der Waals surface area contributed by atoms with Gasteiger partial charge in [-0.25, -0.2) is 0 Å². The molecule has 3 rings (SSSR count). The molecular formula is C18H20N2O. The predicted octanol–water partition coefficient (Wildman–Crippen LogP) is 3.32. The maximum atomic E-state index is 12.0. The second-order valence-corrected chi connectivity index (χ2v) is 5.59. The monoisotopic (exact) mass is 280 g/mol. The van der Waals surface area contributed by atoms with Gasteiger partial charge in [-0.2, -0.15) is 0 Å². The number of fused-ring (bicyclic) bond motifs is 3. The molecule has 3 N–H and O–H groups in total. The van der Waals surface area contributed by atoms with Gasteiger partial charge in [-0.3, -0.25) is 4.79 Å². The van der Waals surface area contributed by atoms with Gasteiger partial charge < -0.3 is 11.1 Å². The minimum absolute atomic E-state index is 0.104. The number of carbonyl (C=O) groups excluding carboxylic acids is 1. The Balaban J connectivity index is 1.80. The quantitative estimate of drug-likeness (QED) is 0.770. The van der Waals surface area contributed by atoms with Crippen LogP contribution in [0.5, 0.6) is 0 Å². The lowest BCUT2D eigenvalue weighted by molar-refractivity contribution is -0.117. The van der Waals surface area contributed by atoms with Gasteiger partial charge in [0.05, 0.1) is 6.04 Å². The summed E-state index contributed by atoms with van der Waals surface area (Å²) in [5.74, 6) is -0.104. The highest BCUT2D eigenvalue weighted by Crippen LogP contribution is 2.37. The van der Waals surface area contributed by atoms with E-state index in [2.05, 4.69) is 41.7 Å². The number of amides is 1. The van der Waals surface area contributed by atoms with E-state index < -0.39 is 6.04 Å². The van der Waals surface area contributed by atoms with E-state index in [-0.39, 0.29) is 5.91 Å². The molecule has 2 aromatic carbocycles. The Labute approximate surface area is 125 Å². The van der Waals surface area contributed by atoms with E-state index in [0.717, 1.165) is 18.5 Å². The first-order valence-corrected chi connectivity index (χ1v) is 7.46. The zero-order chi connectivity index (χ0) is 14.8. The molecule has 3 heteroatoms. The summed E-state index contributed by atoms with van der Waals surface area (Å²) in [4.78, 5) is 12.0. The van der Waals surface area contributed by atoms with Crippen LogP contribution in [0.1, 0.15) is 30.9 Å². The Morgan fingerprint density at radius 2 is 1.95 bits per heavy atom. The fourth-order valence-corrected chi connectivity index (χ4v) is 2.90. The van der Waals surface area contributed by atoms with Crippen LogP contribution in [-0.4, -0.2) is 11.9 Å². The van der Waals surface area contributed by atoms with Crippen molar-refractivity contribution in [1.82, 2.24) is 0 Å². The van der Waals surface area contributed by atoms with Crippen LogP contribution in [0.15, 0.2) is 42.5 Å². The molecule has 2 aromatic rings. The van der Waals surface area contributed by atoms with Gasteiger partial charge in [-0.15, -0.1) is 0 Å². The van der Waals surface area contributed by atoms with Crippen molar-refractivity contribution in [2.24, 2.45) is 5.73 Å². The SMILES string of the molecule is CCC[C@H](N)C(=O)Nc1ccc2c(c1)Cc1ccccc1-2. The van der Waals surface area contributed by atoms with Crippen molar-refractivity contribution in [3.63, 3.8) is 0 Å². The standard InChI is InChI=1S/C18H20N2O/c1-2-5-17(19)18(21)20-14-8-9-16-13(11-14)10-12-6-3-4-7-15(12)16/h3-4,6-9,11,17H,2,5,10,19H2,1H3,(H,20,21)/t17-/m0/s1. The Bertz CT molecular complexity index is 679. The first-order valence-electron chi connectivity index (χ1n) is 7.46. The molecule has 0 aliphatic heterocycles. The Hall–Kier alpha value is -2.13. The number of anilines is 1. The van der Waals surface area contributed by atoms with Crippen LogP contribution in [-0.2, 0) is 11.2 Å². The van der Waals surface area contributed by atoms with Gasteiger partial charge >= 0.3 is 0 Å². The molecule has 0 aromatic heterocycles. The fourth-order valence-electron chi connectivity index (χ4n) is 2.90. The number of hydrogen-bond donors (Lipinski definition) is 2. The molecular weight excluding hydrogens is 260 g/mol. The average Bonchev–Trinajstić information content (AvgIpc) is 2.85. The van der Waals surface area contributed by atoms with Crippen molar-refractivity contribution >= 4 is 11.6 Å². The predicted molar refractivity (Wildman–Crippen MR) is 86.2 cm³/mol. The number of hydrogen-bond acceptors (Lipinski definition) is 2. The van der Waals surface area contributed by atoms with Crippen LogP contribution in [0.25, 0.3) is 11.1 Å². The molecule has 1 amide bonds. The lowest BCUT2D eigenvalue weighted by atomic mass is 10.1. The molecule has 1 aliphatic carbocycles. The van der Waals surface area contributed by atoms with Crippen molar-refractivity contribution < 1.29 is 4.79 Å². The Morgan fingerprint density at radius 1 is 1.19 bits per heavy atom. The molecule has 0 saturated carbocycles. The molecule has 3 nitrogen and oxygen atoms in total. The van der Waals surface area contributed by atoms with E-state index in [1.54, 1.807) is 0 Å². The summed E-state index contributed by atoms with van der Waals surface area (Å²) in [5, 5.41) is 2.92. The molecule has 0 radical (unpaired) electrons. The van der Waals surface area contributed by atoms with E-state index in [9.17, 15) is 4.79 Å². The zero-order valence-electron chi connectivity index (χ0n) is 12.2. The highest BCUT2D eigenvalue weighted by molar-refractivity contribution is 5.95. The molecule has 0 fully saturated rings. The topological polar surface area (TPSA) is 55.1 Å². The van der Waals surface area contributed by atoms with E-state index in [1.165, 1.54) is 22.3 Å². The summed E-state index contributed by atoms with van der Waals surface area (Å²) in [7, 11) is 0. The Morgan fingerprint density at radius 3 is 2.76 bits per heavy atom. The van der Waals surface area contributed by atoms with Crippen LogP contribution in [0.4, 0.5) is 5.69 Å². The van der Waals surface area contributed by atoms with Crippen molar-refractivity contribution in [2.75, 3.05) is 5.32 Å².